The van der Waals surface area contributed by atoms with E-state index >= 15 is 0 Å². The molecular weight excluding hydrogens is 204 g/mol. The molecule has 1 aliphatic rings. The van der Waals surface area contributed by atoms with E-state index in [1.807, 2.05) is 0 Å². The molecule has 1 atom stereocenters. The lowest BCUT2D eigenvalue weighted by atomic mass is 10.2. The molecule has 1 unspecified atom stereocenters. The Morgan fingerprint density at radius 3 is 2.94 bits per heavy atom. The van der Waals surface area contributed by atoms with Crippen LogP contribution in [0.15, 0.2) is 10.9 Å². The molecule has 1 aromatic heterocycles. The molecule has 88 valence electrons. The summed E-state index contributed by atoms with van der Waals surface area (Å²) in [4.78, 5) is 18.8. The SMILES string of the molecule is CCCc1cc(=O)[nH]c(C(OC)C2CC2)n1. The Morgan fingerprint density at radius 1 is 1.62 bits per heavy atom. The van der Waals surface area contributed by atoms with E-state index in [0.29, 0.717) is 11.7 Å². The first-order valence-corrected chi connectivity index (χ1v) is 5.87. The molecule has 0 amide bonds. The molecule has 0 aliphatic heterocycles. The van der Waals surface area contributed by atoms with E-state index in [2.05, 4.69) is 16.9 Å². The Kier molecular flexibility index (Phi) is 3.39. The van der Waals surface area contributed by atoms with Gasteiger partial charge in [0.2, 0.25) is 0 Å². The van der Waals surface area contributed by atoms with Crippen LogP contribution in [0.3, 0.4) is 0 Å². The van der Waals surface area contributed by atoms with Crippen LogP contribution in [0.25, 0.3) is 0 Å². The van der Waals surface area contributed by atoms with Gasteiger partial charge in [-0.3, -0.25) is 4.79 Å². The molecule has 0 radical (unpaired) electrons. The van der Waals surface area contributed by atoms with Gasteiger partial charge in [0.05, 0.1) is 0 Å². The predicted molar refractivity (Wildman–Crippen MR) is 61.3 cm³/mol. The summed E-state index contributed by atoms with van der Waals surface area (Å²) in [7, 11) is 1.68. The van der Waals surface area contributed by atoms with Gasteiger partial charge in [-0.15, -0.1) is 0 Å². The molecule has 1 saturated carbocycles. The van der Waals surface area contributed by atoms with Crippen molar-refractivity contribution in [1.82, 2.24) is 9.97 Å². The van der Waals surface area contributed by atoms with Crippen molar-refractivity contribution in [3.8, 4) is 0 Å². The van der Waals surface area contributed by atoms with Crippen molar-refractivity contribution in [2.75, 3.05) is 7.11 Å². The van der Waals surface area contributed by atoms with Crippen LogP contribution >= 0.6 is 0 Å². The fraction of sp³-hybridized carbons (Fsp3) is 0.667. The minimum atomic E-state index is -0.0730. The molecule has 4 heteroatoms. The number of aromatic nitrogens is 2. The average molecular weight is 222 g/mol. The van der Waals surface area contributed by atoms with Crippen LogP contribution < -0.4 is 5.56 Å². The van der Waals surface area contributed by atoms with Gasteiger partial charge in [-0.2, -0.15) is 0 Å². The van der Waals surface area contributed by atoms with E-state index in [1.165, 1.54) is 12.8 Å². The van der Waals surface area contributed by atoms with Crippen LogP contribution in [0.2, 0.25) is 0 Å². The minimum Gasteiger partial charge on any atom is -0.373 e. The fourth-order valence-corrected chi connectivity index (χ4v) is 1.97. The summed E-state index contributed by atoms with van der Waals surface area (Å²) in [5.41, 5.74) is 0.792. The van der Waals surface area contributed by atoms with Crippen LogP contribution in [-0.4, -0.2) is 17.1 Å². The second-order valence-electron chi connectivity index (χ2n) is 4.37. The third-order valence-electron chi connectivity index (χ3n) is 2.89. The lowest BCUT2D eigenvalue weighted by Crippen LogP contribution is -2.17. The van der Waals surface area contributed by atoms with Gasteiger partial charge in [-0.25, -0.2) is 4.98 Å². The second kappa shape index (κ2) is 4.78. The zero-order valence-electron chi connectivity index (χ0n) is 9.82. The standard InChI is InChI=1S/C12H18N2O2/c1-3-4-9-7-10(15)14-12(13-9)11(16-2)8-5-6-8/h7-8,11H,3-6H2,1-2H3,(H,13,14,15). The van der Waals surface area contributed by atoms with Gasteiger partial charge in [0.25, 0.3) is 5.56 Å². The monoisotopic (exact) mass is 222 g/mol. The zero-order valence-corrected chi connectivity index (χ0v) is 9.82. The minimum absolute atomic E-state index is 0.0375. The Morgan fingerprint density at radius 2 is 2.38 bits per heavy atom. The van der Waals surface area contributed by atoms with Crippen molar-refractivity contribution in [3.63, 3.8) is 0 Å². The highest BCUT2D eigenvalue weighted by Crippen LogP contribution is 2.41. The van der Waals surface area contributed by atoms with Crippen molar-refractivity contribution in [2.24, 2.45) is 5.92 Å². The molecule has 1 heterocycles. The number of aromatic amines is 1. The highest BCUT2D eigenvalue weighted by Gasteiger charge is 2.34. The number of nitrogens with zero attached hydrogens (tertiary/aromatic N) is 1. The van der Waals surface area contributed by atoms with Crippen molar-refractivity contribution < 1.29 is 4.74 Å². The molecule has 1 fully saturated rings. The van der Waals surface area contributed by atoms with Gasteiger partial charge in [0.15, 0.2) is 0 Å². The molecule has 1 aromatic rings. The van der Waals surface area contributed by atoms with Crippen molar-refractivity contribution in [3.05, 3.63) is 27.9 Å². The summed E-state index contributed by atoms with van der Waals surface area (Å²) < 4.78 is 5.42. The summed E-state index contributed by atoms with van der Waals surface area (Å²) in [5, 5.41) is 0. The molecule has 1 N–H and O–H groups in total. The number of ether oxygens (including phenoxy) is 1. The fourth-order valence-electron chi connectivity index (χ4n) is 1.97. The highest BCUT2D eigenvalue weighted by atomic mass is 16.5. The summed E-state index contributed by atoms with van der Waals surface area (Å²) in [6.45, 7) is 2.08. The predicted octanol–water partition coefficient (Wildman–Crippen LogP) is 1.82. The molecule has 0 saturated heterocycles. The first-order chi connectivity index (χ1) is 7.74. The average Bonchev–Trinajstić information content (AvgIpc) is 3.03. The summed E-state index contributed by atoms with van der Waals surface area (Å²) in [5.74, 6) is 1.23. The normalized spacial score (nSPS) is 17.4. The van der Waals surface area contributed by atoms with E-state index in [9.17, 15) is 4.79 Å². The van der Waals surface area contributed by atoms with Crippen LogP contribution in [0.4, 0.5) is 0 Å². The van der Waals surface area contributed by atoms with Gasteiger partial charge in [-0.05, 0) is 25.2 Å². The van der Waals surface area contributed by atoms with Gasteiger partial charge in [-0.1, -0.05) is 13.3 Å². The van der Waals surface area contributed by atoms with E-state index in [4.69, 9.17) is 4.74 Å². The molecule has 16 heavy (non-hydrogen) atoms. The first kappa shape index (κ1) is 11.3. The topological polar surface area (TPSA) is 55.0 Å². The van der Waals surface area contributed by atoms with Crippen LogP contribution in [0.5, 0.6) is 0 Å². The van der Waals surface area contributed by atoms with Crippen LogP contribution in [0, 0.1) is 5.92 Å². The van der Waals surface area contributed by atoms with E-state index < -0.39 is 0 Å². The molecule has 2 rings (SSSR count). The summed E-state index contributed by atoms with van der Waals surface area (Å²) >= 11 is 0. The number of methoxy groups -OCH3 is 1. The Balaban J connectivity index is 2.27. The first-order valence-electron chi connectivity index (χ1n) is 5.87. The maximum Gasteiger partial charge on any atom is 0.251 e. The smallest absolute Gasteiger partial charge is 0.251 e. The van der Waals surface area contributed by atoms with Gasteiger partial charge in [0, 0.05) is 18.9 Å². The molecule has 0 spiro atoms. The largest absolute Gasteiger partial charge is 0.373 e. The van der Waals surface area contributed by atoms with Crippen LogP contribution in [0.1, 0.15) is 43.8 Å². The van der Waals surface area contributed by atoms with Gasteiger partial charge >= 0.3 is 0 Å². The lowest BCUT2D eigenvalue weighted by Gasteiger charge is -2.13. The molecule has 0 aromatic carbocycles. The Hall–Kier alpha value is -1.16. The molecular formula is C12H18N2O2. The second-order valence-corrected chi connectivity index (χ2v) is 4.37. The Labute approximate surface area is 95.1 Å². The highest BCUT2D eigenvalue weighted by molar-refractivity contribution is 5.07. The third-order valence-corrected chi connectivity index (χ3v) is 2.89. The zero-order chi connectivity index (χ0) is 11.5. The molecule has 0 bridgehead atoms. The number of hydrogen-bond donors (Lipinski definition) is 1. The van der Waals surface area contributed by atoms with Crippen molar-refractivity contribution in [1.29, 1.82) is 0 Å². The third kappa shape index (κ3) is 2.50. The number of nitrogens with one attached hydrogen (secondary N) is 1. The van der Waals surface area contributed by atoms with Crippen molar-refractivity contribution in [2.45, 2.75) is 38.7 Å². The maximum absolute atomic E-state index is 11.5. The van der Waals surface area contributed by atoms with Gasteiger partial charge < -0.3 is 9.72 Å². The molecule has 4 nitrogen and oxygen atoms in total. The number of H-pyrrole nitrogens is 1. The summed E-state index contributed by atoms with van der Waals surface area (Å²) in [6, 6.07) is 1.58. The molecule has 1 aliphatic carbocycles. The van der Waals surface area contributed by atoms with E-state index in [-0.39, 0.29) is 11.7 Å². The Bertz CT molecular complexity index is 410. The summed E-state index contributed by atoms with van der Waals surface area (Å²) in [6.07, 6.45) is 4.14. The maximum atomic E-state index is 11.5. The quantitative estimate of drug-likeness (QED) is 0.826. The lowest BCUT2D eigenvalue weighted by molar-refractivity contribution is 0.0768. The number of rotatable bonds is 5. The van der Waals surface area contributed by atoms with E-state index in [0.717, 1.165) is 18.5 Å². The number of aryl methyl sites for hydroxylation is 1. The van der Waals surface area contributed by atoms with E-state index in [1.54, 1.807) is 13.2 Å². The van der Waals surface area contributed by atoms with Crippen molar-refractivity contribution >= 4 is 0 Å². The number of hydrogen-bond acceptors (Lipinski definition) is 3. The van der Waals surface area contributed by atoms with Crippen LogP contribution in [-0.2, 0) is 11.2 Å². The van der Waals surface area contributed by atoms with Gasteiger partial charge in [0.1, 0.15) is 11.9 Å².